The van der Waals surface area contributed by atoms with E-state index in [0.717, 1.165) is 24.5 Å². The Kier molecular flexibility index (Phi) is 7.25. The van der Waals surface area contributed by atoms with Crippen LogP contribution in [0.3, 0.4) is 0 Å². The second-order valence-corrected chi connectivity index (χ2v) is 5.02. The number of ether oxygens (including phenoxy) is 1. The van der Waals surface area contributed by atoms with Gasteiger partial charge in [-0.25, -0.2) is 0 Å². The highest BCUT2D eigenvalue weighted by molar-refractivity contribution is 5.76. The molecule has 1 aromatic heterocycles. The summed E-state index contributed by atoms with van der Waals surface area (Å²) in [6, 6.07) is 2.10. The SMILES string of the molecule is COCCNCCNC(=O)CC(C)n1nc(C)cc1C. The summed E-state index contributed by atoms with van der Waals surface area (Å²) >= 11 is 0. The van der Waals surface area contributed by atoms with Gasteiger partial charge in [0.25, 0.3) is 0 Å². The van der Waals surface area contributed by atoms with E-state index in [-0.39, 0.29) is 11.9 Å². The molecule has 0 saturated carbocycles. The fraction of sp³-hybridized carbons (Fsp3) is 0.714. The number of methoxy groups -OCH3 is 1. The van der Waals surface area contributed by atoms with Crippen LogP contribution in [0.1, 0.15) is 30.8 Å². The van der Waals surface area contributed by atoms with Crippen LogP contribution in [0.4, 0.5) is 0 Å². The molecular weight excluding hydrogens is 256 g/mol. The number of carbonyl (C=O) groups is 1. The Hall–Kier alpha value is -1.40. The van der Waals surface area contributed by atoms with Crippen molar-refractivity contribution in [3.8, 4) is 0 Å². The minimum atomic E-state index is 0.0543. The van der Waals surface area contributed by atoms with Crippen LogP contribution in [0.2, 0.25) is 0 Å². The van der Waals surface area contributed by atoms with Crippen molar-refractivity contribution in [3.05, 3.63) is 17.5 Å². The lowest BCUT2D eigenvalue weighted by atomic mass is 10.2. The molecule has 0 aliphatic heterocycles. The normalized spacial score (nSPS) is 12.4. The molecule has 6 nitrogen and oxygen atoms in total. The quantitative estimate of drug-likeness (QED) is 0.658. The van der Waals surface area contributed by atoms with Gasteiger partial charge in [0.1, 0.15) is 0 Å². The van der Waals surface area contributed by atoms with Crippen LogP contribution in [0.25, 0.3) is 0 Å². The molecule has 0 aliphatic rings. The Labute approximate surface area is 120 Å². The number of amides is 1. The fourth-order valence-electron chi connectivity index (χ4n) is 2.11. The number of hydrogen-bond donors (Lipinski definition) is 2. The Morgan fingerprint density at radius 2 is 2.15 bits per heavy atom. The van der Waals surface area contributed by atoms with Crippen molar-refractivity contribution in [2.24, 2.45) is 0 Å². The van der Waals surface area contributed by atoms with E-state index in [1.807, 2.05) is 31.5 Å². The third kappa shape index (κ3) is 5.71. The largest absolute Gasteiger partial charge is 0.383 e. The highest BCUT2D eigenvalue weighted by Gasteiger charge is 2.13. The van der Waals surface area contributed by atoms with Gasteiger partial charge in [0.15, 0.2) is 0 Å². The zero-order valence-electron chi connectivity index (χ0n) is 12.9. The molecule has 1 heterocycles. The Balaban J connectivity index is 2.23. The van der Waals surface area contributed by atoms with Gasteiger partial charge in [0.05, 0.1) is 18.3 Å². The van der Waals surface area contributed by atoms with E-state index >= 15 is 0 Å². The van der Waals surface area contributed by atoms with Crippen molar-refractivity contribution < 1.29 is 9.53 Å². The first-order chi connectivity index (χ1) is 9.54. The van der Waals surface area contributed by atoms with Crippen LogP contribution in [0, 0.1) is 13.8 Å². The minimum Gasteiger partial charge on any atom is -0.383 e. The number of hydrogen-bond acceptors (Lipinski definition) is 4. The van der Waals surface area contributed by atoms with Gasteiger partial charge in [0.2, 0.25) is 5.91 Å². The zero-order chi connectivity index (χ0) is 15.0. The molecule has 0 fully saturated rings. The topological polar surface area (TPSA) is 68.2 Å². The van der Waals surface area contributed by atoms with E-state index in [4.69, 9.17) is 4.74 Å². The number of aromatic nitrogens is 2. The van der Waals surface area contributed by atoms with Crippen molar-refractivity contribution in [3.63, 3.8) is 0 Å². The zero-order valence-corrected chi connectivity index (χ0v) is 12.9. The first-order valence-corrected chi connectivity index (χ1v) is 7.03. The van der Waals surface area contributed by atoms with Gasteiger partial charge in [0, 0.05) is 38.9 Å². The predicted molar refractivity (Wildman–Crippen MR) is 78.8 cm³/mol. The Morgan fingerprint density at radius 1 is 1.40 bits per heavy atom. The summed E-state index contributed by atoms with van der Waals surface area (Å²) in [5.74, 6) is 0.0543. The number of aryl methyl sites for hydroxylation is 2. The second kappa shape index (κ2) is 8.71. The van der Waals surface area contributed by atoms with Crippen LogP contribution in [0.15, 0.2) is 6.07 Å². The Bertz CT molecular complexity index is 417. The maximum Gasteiger partial charge on any atom is 0.222 e. The smallest absolute Gasteiger partial charge is 0.222 e. The standard InChI is InChI=1S/C14H26N4O2/c1-11-9-12(2)18(17-11)13(3)10-14(19)16-6-5-15-7-8-20-4/h9,13,15H,5-8,10H2,1-4H3,(H,16,19). The molecule has 1 unspecified atom stereocenters. The number of nitrogens with zero attached hydrogens (tertiary/aromatic N) is 2. The van der Waals surface area contributed by atoms with E-state index in [9.17, 15) is 4.79 Å². The van der Waals surface area contributed by atoms with Crippen molar-refractivity contribution in [2.75, 3.05) is 33.4 Å². The summed E-state index contributed by atoms with van der Waals surface area (Å²) in [5.41, 5.74) is 2.07. The van der Waals surface area contributed by atoms with E-state index in [1.165, 1.54) is 0 Å². The maximum atomic E-state index is 11.8. The van der Waals surface area contributed by atoms with Gasteiger partial charge in [-0.2, -0.15) is 5.10 Å². The van der Waals surface area contributed by atoms with Gasteiger partial charge >= 0.3 is 0 Å². The minimum absolute atomic E-state index is 0.0543. The highest BCUT2D eigenvalue weighted by atomic mass is 16.5. The van der Waals surface area contributed by atoms with E-state index < -0.39 is 0 Å². The fourth-order valence-corrected chi connectivity index (χ4v) is 2.11. The first-order valence-electron chi connectivity index (χ1n) is 7.03. The van der Waals surface area contributed by atoms with Crippen molar-refractivity contribution in [1.82, 2.24) is 20.4 Å². The lowest BCUT2D eigenvalue weighted by Gasteiger charge is -2.14. The number of carbonyl (C=O) groups excluding carboxylic acids is 1. The summed E-state index contributed by atoms with van der Waals surface area (Å²) in [6.45, 7) is 8.85. The van der Waals surface area contributed by atoms with Gasteiger partial charge in [-0.15, -0.1) is 0 Å². The lowest BCUT2D eigenvalue weighted by molar-refractivity contribution is -0.121. The van der Waals surface area contributed by atoms with Gasteiger partial charge in [-0.05, 0) is 26.8 Å². The molecule has 0 aliphatic carbocycles. The molecule has 1 amide bonds. The molecule has 0 bridgehead atoms. The third-order valence-corrected chi connectivity index (χ3v) is 3.05. The van der Waals surface area contributed by atoms with Crippen LogP contribution in [-0.4, -0.2) is 49.0 Å². The molecule has 0 aromatic carbocycles. The highest BCUT2D eigenvalue weighted by Crippen LogP contribution is 2.13. The molecule has 0 saturated heterocycles. The molecule has 1 rings (SSSR count). The van der Waals surface area contributed by atoms with E-state index in [1.54, 1.807) is 7.11 Å². The predicted octanol–water partition coefficient (Wildman–Crippen LogP) is 0.803. The molecule has 1 aromatic rings. The monoisotopic (exact) mass is 282 g/mol. The maximum absolute atomic E-state index is 11.8. The van der Waals surface area contributed by atoms with Crippen LogP contribution < -0.4 is 10.6 Å². The molecule has 0 spiro atoms. The third-order valence-electron chi connectivity index (χ3n) is 3.05. The lowest BCUT2D eigenvalue weighted by Crippen LogP contribution is -2.34. The summed E-state index contributed by atoms with van der Waals surface area (Å²) < 4.78 is 6.83. The van der Waals surface area contributed by atoms with Crippen LogP contribution >= 0.6 is 0 Å². The summed E-state index contributed by atoms with van der Waals surface area (Å²) in [4.78, 5) is 11.8. The Morgan fingerprint density at radius 3 is 2.75 bits per heavy atom. The average Bonchev–Trinajstić information content (AvgIpc) is 2.73. The van der Waals surface area contributed by atoms with Gasteiger partial charge in [-0.3, -0.25) is 9.48 Å². The van der Waals surface area contributed by atoms with E-state index in [2.05, 4.69) is 15.7 Å². The van der Waals surface area contributed by atoms with Crippen molar-refractivity contribution in [2.45, 2.75) is 33.2 Å². The second-order valence-electron chi connectivity index (χ2n) is 5.02. The first kappa shape index (κ1) is 16.7. The molecule has 1 atom stereocenters. The van der Waals surface area contributed by atoms with E-state index in [0.29, 0.717) is 19.6 Å². The molecule has 20 heavy (non-hydrogen) atoms. The molecular formula is C14H26N4O2. The van der Waals surface area contributed by atoms with Gasteiger partial charge in [-0.1, -0.05) is 0 Å². The average molecular weight is 282 g/mol. The molecule has 0 radical (unpaired) electrons. The van der Waals surface area contributed by atoms with Crippen LogP contribution in [0.5, 0.6) is 0 Å². The summed E-state index contributed by atoms with van der Waals surface area (Å²) in [5, 5.41) is 10.5. The molecule has 2 N–H and O–H groups in total. The molecule has 6 heteroatoms. The number of nitrogens with one attached hydrogen (secondary N) is 2. The summed E-state index contributed by atoms with van der Waals surface area (Å²) in [7, 11) is 1.67. The number of rotatable bonds is 9. The van der Waals surface area contributed by atoms with Crippen molar-refractivity contribution in [1.29, 1.82) is 0 Å². The van der Waals surface area contributed by atoms with Crippen molar-refractivity contribution >= 4 is 5.91 Å². The summed E-state index contributed by atoms with van der Waals surface area (Å²) in [6.07, 6.45) is 0.444. The van der Waals surface area contributed by atoms with Gasteiger partial charge < -0.3 is 15.4 Å². The van der Waals surface area contributed by atoms with Crippen LogP contribution in [-0.2, 0) is 9.53 Å². The molecule has 114 valence electrons.